The fraction of sp³-hybridized carbons (Fsp3) is 0.462. The van der Waals surface area contributed by atoms with Crippen molar-refractivity contribution in [3.8, 4) is 5.75 Å². The maximum atomic E-state index is 11.9. The standard InChI is InChI=1S/C13H18N2O2/c1-8(9-3-4-9)13(16)15-10-5-6-12(17-2)11(14)7-10/h5-9H,3-4,14H2,1-2H3,(H,15,16). The van der Waals surface area contributed by atoms with Crippen LogP contribution in [-0.2, 0) is 4.79 Å². The van der Waals surface area contributed by atoms with E-state index in [1.54, 1.807) is 25.3 Å². The van der Waals surface area contributed by atoms with E-state index < -0.39 is 0 Å². The third kappa shape index (κ3) is 2.70. The lowest BCUT2D eigenvalue weighted by molar-refractivity contribution is -0.119. The predicted octanol–water partition coefficient (Wildman–Crippen LogP) is 2.26. The van der Waals surface area contributed by atoms with Crippen molar-refractivity contribution in [2.24, 2.45) is 11.8 Å². The van der Waals surface area contributed by atoms with Crippen LogP contribution >= 0.6 is 0 Å². The van der Waals surface area contributed by atoms with Crippen LogP contribution in [-0.4, -0.2) is 13.0 Å². The summed E-state index contributed by atoms with van der Waals surface area (Å²) < 4.78 is 5.06. The molecule has 1 fully saturated rings. The first-order valence-electron chi connectivity index (χ1n) is 5.86. The summed E-state index contributed by atoms with van der Waals surface area (Å²) in [5, 5.41) is 2.88. The summed E-state index contributed by atoms with van der Waals surface area (Å²) in [6.07, 6.45) is 2.33. The second kappa shape index (κ2) is 4.65. The van der Waals surface area contributed by atoms with Gasteiger partial charge in [0.1, 0.15) is 5.75 Å². The minimum atomic E-state index is 0.0667. The van der Waals surface area contributed by atoms with Crippen LogP contribution in [0.1, 0.15) is 19.8 Å². The minimum absolute atomic E-state index is 0.0667. The van der Waals surface area contributed by atoms with Crippen LogP contribution in [0.3, 0.4) is 0 Å². The molecule has 0 radical (unpaired) electrons. The Balaban J connectivity index is 2.02. The molecule has 92 valence electrons. The second-order valence-electron chi connectivity index (χ2n) is 4.57. The number of anilines is 2. The Morgan fingerprint density at radius 1 is 1.53 bits per heavy atom. The van der Waals surface area contributed by atoms with E-state index in [4.69, 9.17) is 10.5 Å². The maximum Gasteiger partial charge on any atom is 0.227 e. The van der Waals surface area contributed by atoms with Crippen LogP contribution in [0.5, 0.6) is 5.75 Å². The number of methoxy groups -OCH3 is 1. The van der Waals surface area contributed by atoms with Crippen LogP contribution in [0.15, 0.2) is 18.2 Å². The summed E-state index contributed by atoms with van der Waals surface area (Å²) >= 11 is 0. The second-order valence-corrected chi connectivity index (χ2v) is 4.57. The number of benzene rings is 1. The van der Waals surface area contributed by atoms with E-state index >= 15 is 0 Å². The topological polar surface area (TPSA) is 64.3 Å². The van der Waals surface area contributed by atoms with Crippen molar-refractivity contribution in [2.45, 2.75) is 19.8 Å². The summed E-state index contributed by atoms with van der Waals surface area (Å²) in [5.74, 6) is 1.33. The van der Waals surface area contributed by atoms with E-state index in [1.807, 2.05) is 6.92 Å². The average molecular weight is 234 g/mol. The van der Waals surface area contributed by atoms with Gasteiger partial charge in [0.2, 0.25) is 5.91 Å². The molecule has 1 amide bonds. The van der Waals surface area contributed by atoms with Crippen molar-refractivity contribution in [3.63, 3.8) is 0 Å². The van der Waals surface area contributed by atoms with Crippen LogP contribution < -0.4 is 15.8 Å². The van der Waals surface area contributed by atoms with Crippen molar-refractivity contribution >= 4 is 17.3 Å². The van der Waals surface area contributed by atoms with Crippen LogP contribution in [0.4, 0.5) is 11.4 Å². The van der Waals surface area contributed by atoms with Gasteiger partial charge in [-0.05, 0) is 37.0 Å². The summed E-state index contributed by atoms with van der Waals surface area (Å²) in [5.41, 5.74) is 7.03. The number of rotatable bonds is 4. The number of carbonyl (C=O) groups is 1. The normalized spacial score (nSPS) is 16.4. The molecule has 17 heavy (non-hydrogen) atoms. The molecule has 4 heteroatoms. The fourth-order valence-electron chi connectivity index (χ4n) is 1.88. The zero-order chi connectivity index (χ0) is 12.4. The Hall–Kier alpha value is -1.71. The first-order chi connectivity index (χ1) is 8.11. The Bertz CT molecular complexity index is 427. The molecular weight excluding hydrogens is 216 g/mol. The Morgan fingerprint density at radius 2 is 2.24 bits per heavy atom. The highest BCUT2D eigenvalue weighted by molar-refractivity contribution is 5.93. The van der Waals surface area contributed by atoms with Crippen LogP contribution in [0, 0.1) is 11.8 Å². The van der Waals surface area contributed by atoms with Gasteiger partial charge in [0.25, 0.3) is 0 Å². The molecule has 1 aromatic carbocycles. The molecule has 1 aromatic rings. The van der Waals surface area contributed by atoms with Gasteiger partial charge in [0, 0.05) is 11.6 Å². The molecule has 1 saturated carbocycles. The van der Waals surface area contributed by atoms with Gasteiger partial charge >= 0.3 is 0 Å². The zero-order valence-corrected chi connectivity index (χ0v) is 10.2. The van der Waals surface area contributed by atoms with Crippen LogP contribution in [0.2, 0.25) is 0 Å². The molecular formula is C13H18N2O2. The number of nitrogen functional groups attached to an aromatic ring is 1. The fourth-order valence-corrected chi connectivity index (χ4v) is 1.88. The molecule has 4 nitrogen and oxygen atoms in total. The van der Waals surface area contributed by atoms with E-state index in [1.165, 1.54) is 12.8 Å². The number of ether oxygens (including phenoxy) is 1. The monoisotopic (exact) mass is 234 g/mol. The maximum absolute atomic E-state index is 11.9. The number of nitrogens with one attached hydrogen (secondary N) is 1. The highest BCUT2D eigenvalue weighted by Crippen LogP contribution is 2.37. The van der Waals surface area contributed by atoms with Crippen molar-refractivity contribution in [1.82, 2.24) is 0 Å². The molecule has 1 unspecified atom stereocenters. The molecule has 1 aliphatic carbocycles. The molecule has 0 spiro atoms. The van der Waals surface area contributed by atoms with E-state index in [-0.39, 0.29) is 11.8 Å². The van der Waals surface area contributed by atoms with Gasteiger partial charge in [-0.15, -0.1) is 0 Å². The predicted molar refractivity (Wildman–Crippen MR) is 67.9 cm³/mol. The lowest BCUT2D eigenvalue weighted by Gasteiger charge is -2.12. The van der Waals surface area contributed by atoms with Crippen molar-refractivity contribution in [3.05, 3.63) is 18.2 Å². The summed E-state index contributed by atoms with van der Waals surface area (Å²) in [7, 11) is 1.57. The van der Waals surface area contributed by atoms with E-state index in [9.17, 15) is 4.79 Å². The number of nitrogens with two attached hydrogens (primary N) is 1. The average Bonchev–Trinajstić information content (AvgIpc) is 3.12. The van der Waals surface area contributed by atoms with Gasteiger partial charge in [-0.25, -0.2) is 0 Å². The van der Waals surface area contributed by atoms with Crippen molar-refractivity contribution in [1.29, 1.82) is 0 Å². The van der Waals surface area contributed by atoms with E-state index in [2.05, 4.69) is 5.32 Å². The minimum Gasteiger partial charge on any atom is -0.495 e. The number of hydrogen-bond acceptors (Lipinski definition) is 3. The number of carbonyl (C=O) groups excluding carboxylic acids is 1. The molecule has 0 saturated heterocycles. The zero-order valence-electron chi connectivity index (χ0n) is 10.2. The van der Waals surface area contributed by atoms with Gasteiger partial charge in [0.15, 0.2) is 0 Å². The van der Waals surface area contributed by atoms with Gasteiger partial charge in [-0.2, -0.15) is 0 Å². The Kier molecular flexibility index (Phi) is 3.22. The number of amides is 1. The molecule has 1 atom stereocenters. The van der Waals surface area contributed by atoms with Gasteiger partial charge in [0.05, 0.1) is 12.8 Å². The Labute approximate surface area is 101 Å². The molecule has 0 aliphatic heterocycles. The van der Waals surface area contributed by atoms with E-state index in [0.29, 0.717) is 17.4 Å². The highest BCUT2D eigenvalue weighted by Gasteiger charge is 2.32. The van der Waals surface area contributed by atoms with Gasteiger partial charge < -0.3 is 15.8 Å². The molecule has 0 aromatic heterocycles. The molecule has 1 aliphatic rings. The molecule has 0 bridgehead atoms. The molecule has 2 rings (SSSR count). The summed E-state index contributed by atoms with van der Waals surface area (Å²) in [6.45, 7) is 1.97. The van der Waals surface area contributed by atoms with Gasteiger partial charge in [-0.3, -0.25) is 4.79 Å². The largest absolute Gasteiger partial charge is 0.495 e. The SMILES string of the molecule is COc1ccc(NC(=O)C(C)C2CC2)cc1N. The lowest BCUT2D eigenvalue weighted by Crippen LogP contribution is -2.21. The first-order valence-corrected chi connectivity index (χ1v) is 5.86. The van der Waals surface area contributed by atoms with Crippen molar-refractivity contribution in [2.75, 3.05) is 18.2 Å². The number of hydrogen-bond donors (Lipinski definition) is 2. The smallest absolute Gasteiger partial charge is 0.227 e. The molecule has 0 heterocycles. The van der Waals surface area contributed by atoms with Gasteiger partial charge in [-0.1, -0.05) is 6.92 Å². The summed E-state index contributed by atoms with van der Waals surface area (Å²) in [4.78, 5) is 11.9. The molecule has 3 N–H and O–H groups in total. The van der Waals surface area contributed by atoms with Crippen LogP contribution in [0.25, 0.3) is 0 Å². The Morgan fingerprint density at radius 3 is 2.76 bits per heavy atom. The summed E-state index contributed by atoms with van der Waals surface area (Å²) in [6, 6.07) is 5.27. The first kappa shape index (κ1) is 11.8. The lowest BCUT2D eigenvalue weighted by atomic mass is 10.1. The highest BCUT2D eigenvalue weighted by atomic mass is 16.5. The van der Waals surface area contributed by atoms with E-state index in [0.717, 1.165) is 5.69 Å². The third-order valence-corrected chi connectivity index (χ3v) is 3.24. The van der Waals surface area contributed by atoms with Crippen molar-refractivity contribution < 1.29 is 9.53 Å². The quantitative estimate of drug-likeness (QED) is 0.785. The third-order valence-electron chi connectivity index (χ3n) is 3.24.